The first-order valence-electron chi connectivity index (χ1n) is 6.82. The van der Waals surface area contributed by atoms with Crippen LogP contribution in [-0.4, -0.2) is 25.3 Å². The molecule has 102 valence electrons. The highest BCUT2D eigenvalue weighted by Gasteiger charge is 2.53. The topological polar surface area (TPSA) is 35.5 Å². The van der Waals surface area contributed by atoms with E-state index in [-0.39, 0.29) is 17.5 Å². The van der Waals surface area contributed by atoms with Crippen LogP contribution in [0.5, 0.6) is 0 Å². The first-order valence-corrected chi connectivity index (χ1v) is 6.82. The molecule has 3 nitrogen and oxygen atoms in total. The van der Waals surface area contributed by atoms with Crippen LogP contribution in [0.2, 0.25) is 0 Å². The molecule has 0 aromatic rings. The van der Waals surface area contributed by atoms with Gasteiger partial charge in [-0.2, -0.15) is 0 Å². The highest BCUT2D eigenvalue weighted by molar-refractivity contribution is 5.65. The van der Waals surface area contributed by atoms with Crippen molar-refractivity contribution in [3.63, 3.8) is 0 Å². The largest absolute Gasteiger partial charge is 0.465 e. The summed E-state index contributed by atoms with van der Waals surface area (Å²) in [5.74, 6) is 1.12. The van der Waals surface area contributed by atoms with E-state index in [0.717, 1.165) is 0 Å². The fraction of sp³-hybridized carbons (Fsp3) is 0.800. The van der Waals surface area contributed by atoms with Crippen molar-refractivity contribution in [1.82, 2.24) is 0 Å². The van der Waals surface area contributed by atoms with Crippen LogP contribution in [0.15, 0.2) is 11.6 Å². The summed E-state index contributed by atoms with van der Waals surface area (Å²) >= 11 is 0. The van der Waals surface area contributed by atoms with E-state index in [9.17, 15) is 4.79 Å². The number of hydrogen-bond donors (Lipinski definition) is 0. The van der Waals surface area contributed by atoms with Gasteiger partial charge in [-0.05, 0) is 25.7 Å². The number of allylic oxidation sites excluding steroid dienone is 1. The normalized spacial score (nSPS) is 43.3. The number of fused-ring (bicyclic) bond motifs is 2. The minimum absolute atomic E-state index is 0.0532. The third-order valence-electron chi connectivity index (χ3n) is 5.06. The molecular weight excluding hydrogens is 228 g/mol. The molecule has 0 saturated carbocycles. The van der Waals surface area contributed by atoms with E-state index in [2.05, 4.69) is 33.8 Å². The molecular formula is C15H24O3. The number of rotatable bonds is 2. The second-order valence-corrected chi connectivity index (χ2v) is 6.04. The average molecular weight is 252 g/mol. The highest BCUT2D eigenvalue weighted by atomic mass is 16.5. The Bertz CT molecular complexity index is 374. The molecule has 5 atom stereocenters. The predicted molar refractivity (Wildman–Crippen MR) is 70.1 cm³/mol. The van der Waals surface area contributed by atoms with Crippen molar-refractivity contribution in [3.8, 4) is 0 Å². The van der Waals surface area contributed by atoms with Crippen molar-refractivity contribution in [1.29, 1.82) is 0 Å². The molecule has 1 saturated heterocycles. The molecule has 0 unspecified atom stereocenters. The molecule has 0 radical (unpaired) electrons. The van der Waals surface area contributed by atoms with Crippen LogP contribution in [-0.2, 0) is 14.3 Å². The van der Waals surface area contributed by atoms with Crippen LogP contribution in [0.25, 0.3) is 0 Å². The molecule has 0 aromatic carbocycles. The van der Waals surface area contributed by atoms with Gasteiger partial charge in [-0.3, -0.25) is 4.79 Å². The van der Waals surface area contributed by atoms with Crippen LogP contribution in [0, 0.1) is 23.2 Å². The van der Waals surface area contributed by atoms with Gasteiger partial charge in [-0.25, -0.2) is 0 Å². The highest BCUT2D eigenvalue weighted by Crippen LogP contribution is 2.52. The van der Waals surface area contributed by atoms with Crippen molar-refractivity contribution in [2.24, 2.45) is 23.2 Å². The maximum Gasteiger partial charge on any atom is 0.302 e. The van der Waals surface area contributed by atoms with Gasteiger partial charge in [0.15, 0.2) is 0 Å². The van der Waals surface area contributed by atoms with Crippen LogP contribution in [0.4, 0.5) is 0 Å². The fourth-order valence-corrected chi connectivity index (χ4v) is 3.81. The van der Waals surface area contributed by atoms with Crippen LogP contribution < -0.4 is 0 Å². The Morgan fingerprint density at radius 2 is 2.17 bits per heavy atom. The number of esters is 1. The number of hydrogen-bond acceptors (Lipinski definition) is 3. The molecule has 0 spiro atoms. The fourth-order valence-electron chi connectivity index (χ4n) is 3.81. The van der Waals surface area contributed by atoms with Gasteiger partial charge in [0.2, 0.25) is 0 Å². The van der Waals surface area contributed by atoms with Crippen molar-refractivity contribution in [3.05, 3.63) is 11.6 Å². The van der Waals surface area contributed by atoms with Crippen LogP contribution >= 0.6 is 0 Å². The Labute approximate surface area is 110 Å². The summed E-state index contributed by atoms with van der Waals surface area (Å²) in [5, 5.41) is 0. The molecule has 2 bridgehead atoms. The number of carbonyl (C=O) groups is 1. The Morgan fingerprint density at radius 1 is 1.50 bits per heavy atom. The molecule has 2 rings (SSSR count). The molecule has 0 aromatic heterocycles. The van der Waals surface area contributed by atoms with Gasteiger partial charge in [0.25, 0.3) is 0 Å². The lowest BCUT2D eigenvalue weighted by Crippen LogP contribution is -2.56. The smallest absolute Gasteiger partial charge is 0.302 e. The lowest BCUT2D eigenvalue weighted by atomic mass is 9.56. The standard InChI is InChI=1S/C15H24O3/c1-9-6-10(2)15(8-18-13(5)16)7-17-12(4)14(9)11(15)3/h6,10-12,14H,7-8H2,1-5H3/t10-,11-,12+,14-,15+/m1/s1. The van der Waals surface area contributed by atoms with Gasteiger partial charge in [0, 0.05) is 18.3 Å². The number of carbonyl (C=O) groups excluding carboxylic acids is 1. The minimum atomic E-state index is -0.203. The van der Waals surface area contributed by atoms with E-state index in [0.29, 0.717) is 31.0 Å². The zero-order valence-electron chi connectivity index (χ0n) is 12.0. The molecule has 0 amide bonds. The van der Waals surface area contributed by atoms with Crippen molar-refractivity contribution >= 4 is 5.97 Å². The van der Waals surface area contributed by atoms with E-state index in [1.54, 1.807) is 0 Å². The van der Waals surface area contributed by atoms with E-state index in [1.165, 1.54) is 12.5 Å². The van der Waals surface area contributed by atoms with Gasteiger partial charge >= 0.3 is 5.97 Å². The van der Waals surface area contributed by atoms with Gasteiger partial charge in [0.05, 0.1) is 19.3 Å². The molecule has 1 aliphatic carbocycles. The van der Waals surface area contributed by atoms with Gasteiger partial charge in [-0.1, -0.05) is 25.5 Å². The maximum absolute atomic E-state index is 11.1. The van der Waals surface area contributed by atoms with Gasteiger partial charge in [0.1, 0.15) is 0 Å². The number of ether oxygens (including phenoxy) is 2. The van der Waals surface area contributed by atoms with E-state index in [1.807, 2.05) is 0 Å². The summed E-state index contributed by atoms with van der Waals surface area (Å²) < 4.78 is 11.3. The Kier molecular flexibility index (Phi) is 3.54. The average Bonchev–Trinajstić information content (AvgIpc) is 2.26. The molecule has 0 N–H and O–H groups in total. The van der Waals surface area contributed by atoms with Crippen LogP contribution in [0.3, 0.4) is 0 Å². The van der Waals surface area contributed by atoms with E-state index in [4.69, 9.17) is 9.47 Å². The first-order chi connectivity index (χ1) is 8.38. The lowest BCUT2D eigenvalue weighted by molar-refractivity contribution is -0.175. The summed E-state index contributed by atoms with van der Waals surface area (Å²) in [5.41, 5.74) is 1.36. The molecule has 1 fully saturated rings. The third-order valence-corrected chi connectivity index (χ3v) is 5.06. The van der Waals surface area contributed by atoms with Crippen LogP contribution in [0.1, 0.15) is 34.6 Å². The van der Waals surface area contributed by atoms with E-state index >= 15 is 0 Å². The second kappa shape index (κ2) is 4.69. The maximum atomic E-state index is 11.1. The van der Waals surface area contributed by atoms with Crippen molar-refractivity contribution in [2.75, 3.05) is 13.2 Å². The zero-order valence-corrected chi connectivity index (χ0v) is 12.0. The summed E-state index contributed by atoms with van der Waals surface area (Å²) in [4.78, 5) is 11.1. The Morgan fingerprint density at radius 3 is 2.78 bits per heavy atom. The lowest BCUT2D eigenvalue weighted by Gasteiger charge is -2.54. The van der Waals surface area contributed by atoms with Crippen molar-refractivity contribution < 1.29 is 14.3 Å². The van der Waals surface area contributed by atoms with Gasteiger partial charge in [-0.15, -0.1) is 0 Å². The predicted octanol–water partition coefficient (Wildman–Crippen LogP) is 2.80. The SMILES string of the molecule is CC(=O)OC[C@@]12CO[C@@H](C)[C@H](C(C)=C[C@H]1C)[C@H]2C. The summed E-state index contributed by atoms with van der Waals surface area (Å²) in [7, 11) is 0. The summed E-state index contributed by atoms with van der Waals surface area (Å²) in [6, 6.07) is 0. The summed E-state index contributed by atoms with van der Waals surface area (Å²) in [6.07, 6.45) is 2.60. The molecule has 18 heavy (non-hydrogen) atoms. The second-order valence-electron chi connectivity index (χ2n) is 6.04. The van der Waals surface area contributed by atoms with Gasteiger partial charge < -0.3 is 9.47 Å². The monoisotopic (exact) mass is 252 g/mol. The quantitative estimate of drug-likeness (QED) is 0.560. The molecule has 1 aliphatic heterocycles. The third kappa shape index (κ3) is 1.99. The zero-order chi connectivity index (χ0) is 13.5. The summed E-state index contributed by atoms with van der Waals surface area (Å²) in [6.45, 7) is 11.4. The Hall–Kier alpha value is -0.830. The first kappa shape index (κ1) is 13.6. The van der Waals surface area contributed by atoms with Crippen molar-refractivity contribution in [2.45, 2.75) is 40.7 Å². The molecule has 1 heterocycles. The molecule has 3 heteroatoms. The minimum Gasteiger partial charge on any atom is -0.465 e. The molecule has 2 aliphatic rings. The Balaban J connectivity index is 2.31. The van der Waals surface area contributed by atoms with E-state index < -0.39 is 0 Å².